The molecular formula is C16H19NO4. The topological polar surface area (TPSA) is 55.8 Å². The Morgan fingerprint density at radius 1 is 1.43 bits per heavy atom. The van der Waals surface area contributed by atoms with Gasteiger partial charge in [-0.1, -0.05) is 12.2 Å². The first kappa shape index (κ1) is 15.1. The van der Waals surface area contributed by atoms with Gasteiger partial charge in [0, 0.05) is 24.4 Å². The lowest BCUT2D eigenvalue weighted by Gasteiger charge is -2.25. The SMILES string of the molecule is CC(C)(C)OC(=O)CN1C=COC(C2=CC=CC(=O)C2)=C1. The highest BCUT2D eigenvalue weighted by atomic mass is 16.6. The molecule has 0 saturated carbocycles. The van der Waals surface area contributed by atoms with Crippen LogP contribution < -0.4 is 0 Å². The molecule has 1 heterocycles. The van der Waals surface area contributed by atoms with Gasteiger partial charge in [0.05, 0.1) is 0 Å². The third-order valence-corrected chi connectivity index (χ3v) is 2.72. The van der Waals surface area contributed by atoms with E-state index in [0.717, 1.165) is 5.57 Å². The van der Waals surface area contributed by atoms with E-state index in [1.807, 2.05) is 26.8 Å². The molecule has 2 aliphatic rings. The Kier molecular flexibility index (Phi) is 4.31. The van der Waals surface area contributed by atoms with Crippen LogP contribution in [0.4, 0.5) is 0 Å². The second-order valence-electron chi connectivity index (χ2n) is 5.85. The summed E-state index contributed by atoms with van der Waals surface area (Å²) in [7, 11) is 0. The molecule has 5 nitrogen and oxygen atoms in total. The molecule has 0 bridgehead atoms. The largest absolute Gasteiger partial charge is 0.462 e. The molecular weight excluding hydrogens is 270 g/mol. The average Bonchev–Trinajstić information content (AvgIpc) is 2.36. The number of nitrogens with zero attached hydrogens (tertiary/aromatic N) is 1. The Bertz CT molecular complexity index is 561. The number of carbonyl (C=O) groups is 2. The number of hydrogen-bond donors (Lipinski definition) is 0. The van der Waals surface area contributed by atoms with Gasteiger partial charge in [-0.15, -0.1) is 0 Å². The maximum atomic E-state index is 11.8. The van der Waals surface area contributed by atoms with Crippen LogP contribution in [0.25, 0.3) is 0 Å². The average molecular weight is 289 g/mol. The Morgan fingerprint density at radius 3 is 2.86 bits per heavy atom. The second-order valence-corrected chi connectivity index (χ2v) is 5.85. The highest BCUT2D eigenvalue weighted by Crippen LogP contribution is 2.23. The minimum atomic E-state index is -0.511. The summed E-state index contributed by atoms with van der Waals surface area (Å²) < 4.78 is 10.7. The molecule has 0 atom stereocenters. The zero-order valence-corrected chi connectivity index (χ0v) is 12.5. The van der Waals surface area contributed by atoms with E-state index in [-0.39, 0.29) is 18.3 Å². The number of allylic oxidation sites excluding steroid dienone is 4. The molecule has 21 heavy (non-hydrogen) atoms. The smallest absolute Gasteiger partial charge is 0.326 e. The summed E-state index contributed by atoms with van der Waals surface area (Å²) in [6.45, 7) is 5.57. The predicted molar refractivity (Wildman–Crippen MR) is 77.7 cm³/mol. The summed E-state index contributed by atoms with van der Waals surface area (Å²) in [5, 5.41) is 0. The molecule has 1 aliphatic heterocycles. The molecule has 0 aromatic rings. The van der Waals surface area contributed by atoms with E-state index in [4.69, 9.17) is 9.47 Å². The summed E-state index contributed by atoms with van der Waals surface area (Å²) in [5.74, 6) is 0.280. The molecule has 0 fully saturated rings. The Balaban J connectivity index is 2.02. The monoisotopic (exact) mass is 289 g/mol. The Hall–Kier alpha value is -2.30. The van der Waals surface area contributed by atoms with Gasteiger partial charge in [-0.05, 0) is 26.8 Å². The van der Waals surface area contributed by atoms with Gasteiger partial charge in [0.25, 0.3) is 0 Å². The van der Waals surface area contributed by atoms with Gasteiger partial charge >= 0.3 is 5.97 Å². The van der Waals surface area contributed by atoms with Crippen molar-refractivity contribution in [1.82, 2.24) is 4.90 Å². The lowest BCUT2D eigenvalue weighted by molar-refractivity contribution is -0.155. The molecule has 2 rings (SSSR count). The van der Waals surface area contributed by atoms with Gasteiger partial charge in [-0.2, -0.15) is 0 Å². The Labute approximate surface area is 124 Å². The van der Waals surface area contributed by atoms with Crippen molar-refractivity contribution in [3.8, 4) is 0 Å². The third-order valence-electron chi connectivity index (χ3n) is 2.72. The van der Waals surface area contributed by atoms with Crippen molar-refractivity contribution in [1.29, 1.82) is 0 Å². The van der Waals surface area contributed by atoms with Crippen molar-refractivity contribution in [3.63, 3.8) is 0 Å². The predicted octanol–water partition coefficient (Wildman–Crippen LogP) is 2.43. The van der Waals surface area contributed by atoms with E-state index >= 15 is 0 Å². The zero-order chi connectivity index (χ0) is 15.5. The lowest BCUT2D eigenvalue weighted by atomic mass is 10.0. The maximum Gasteiger partial charge on any atom is 0.326 e. The number of carbonyl (C=O) groups excluding carboxylic acids is 2. The Morgan fingerprint density at radius 2 is 2.19 bits per heavy atom. The van der Waals surface area contributed by atoms with Gasteiger partial charge < -0.3 is 14.4 Å². The van der Waals surface area contributed by atoms with Crippen molar-refractivity contribution < 1.29 is 19.1 Å². The molecule has 0 spiro atoms. The first-order valence-electron chi connectivity index (χ1n) is 6.77. The van der Waals surface area contributed by atoms with Crippen molar-refractivity contribution in [3.05, 3.63) is 48.2 Å². The molecule has 1 aliphatic carbocycles. The van der Waals surface area contributed by atoms with Crippen LogP contribution in [0.1, 0.15) is 27.2 Å². The number of ether oxygens (including phenoxy) is 2. The number of ketones is 1. The van der Waals surface area contributed by atoms with E-state index in [1.54, 1.807) is 23.4 Å². The molecule has 0 unspecified atom stereocenters. The van der Waals surface area contributed by atoms with E-state index in [9.17, 15) is 9.59 Å². The van der Waals surface area contributed by atoms with E-state index in [0.29, 0.717) is 12.2 Å². The lowest BCUT2D eigenvalue weighted by Crippen LogP contribution is -2.31. The summed E-state index contributed by atoms with van der Waals surface area (Å²) in [6, 6.07) is 0. The van der Waals surface area contributed by atoms with E-state index < -0.39 is 5.60 Å². The first-order chi connectivity index (χ1) is 9.83. The van der Waals surface area contributed by atoms with Crippen molar-refractivity contribution in [2.24, 2.45) is 0 Å². The van der Waals surface area contributed by atoms with Crippen LogP contribution in [0.3, 0.4) is 0 Å². The molecule has 0 aromatic heterocycles. The number of esters is 1. The quantitative estimate of drug-likeness (QED) is 0.747. The van der Waals surface area contributed by atoms with Crippen molar-refractivity contribution >= 4 is 11.8 Å². The number of rotatable bonds is 3. The fraction of sp³-hybridized carbons (Fsp3) is 0.375. The number of hydrogen-bond acceptors (Lipinski definition) is 5. The third kappa shape index (κ3) is 4.63. The van der Waals surface area contributed by atoms with Crippen LogP contribution in [0.2, 0.25) is 0 Å². The second kappa shape index (κ2) is 5.99. The van der Waals surface area contributed by atoms with Crippen LogP contribution >= 0.6 is 0 Å². The van der Waals surface area contributed by atoms with E-state index in [2.05, 4.69) is 0 Å². The van der Waals surface area contributed by atoms with Crippen LogP contribution in [0.5, 0.6) is 0 Å². The normalized spacial score (nSPS) is 18.0. The minimum absolute atomic E-state index is 0.0326. The molecule has 0 amide bonds. The maximum absolute atomic E-state index is 11.8. The van der Waals surface area contributed by atoms with Crippen LogP contribution in [0.15, 0.2) is 48.2 Å². The molecule has 0 radical (unpaired) electrons. The summed E-state index contributed by atoms with van der Waals surface area (Å²) >= 11 is 0. The van der Waals surface area contributed by atoms with Crippen molar-refractivity contribution in [2.45, 2.75) is 32.8 Å². The molecule has 112 valence electrons. The highest BCUT2D eigenvalue weighted by molar-refractivity contribution is 5.93. The van der Waals surface area contributed by atoms with Gasteiger partial charge in [0.1, 0.15) is 24.2 Å². The fourth-order valence-corrected chi connectivity index (χ4v) is 1.93. The van der Waals surface area contributed by atoms with Gasteiger partial charge in [-0.3, -0.25) is 9.59 Å². The highest BCUT2D eigenvalue weighted by Gasteiger charge is 2.20. The molecule has 5 heteroatoms. The van der Waals surface area contributed by atoms with Crippen molar-refractivity contribution in [2.75, 3.05) is 6.54 Å². The summed E-state index contributed by atoms with van der Waals surface area (Å²) in [4.78, 5) is 24.9. The first-order valence-corrected chi connectivity index (χ1v) is 6.77. The van der Waals surface area contributed by atoms with Gasteiger partial charge in [0.15, 0.2) is 5.78 Å². The standard InChI is InChI=1S/C16H19NO4/c1-16(2,3)21-15(19)11-17-7-8-20-14(10-17)12-5-4-6-13(18)9-12/h4-8,10H,9,11H2,1-3H3. The van der Waals surface area contributed by atoms with Crippen LogP contribution in [-0.2, 0) is 19.1 Å². The minimum Gasteiger partial charge on any atom is -0.462 e. The van der Waals surface area contributed by atoms with Crippen LogP contribution in [0, 0.1) is 0 Å². The fourth-order valence-electron chi connectivity index (χ4n) is 1.93. The molecule has 0 N–H and O–H groups in total. The molecule has 0 saturated heterocycles. The summed E-state index contributed by atoms with van der Waals surface area (Å²) in [5.41, 5.74) is 0.281. The van der Waals surface area contributed by atoms with Gasteiger partial charge in [-0.25, -0.2) is 0 Å². The zero-order valence-electron chi connectivity index (χ0n) is 12.5. The molecule has 0 aromatic carbocycles. The van der Waals surface area contributed by atoms with Crippen LogP contribution in [-0.4, -0.2) is 28.8 Å². The van der Waals surface area contributed by atoms with Gasteiger partial charge in [0.2, 0.25) is 0 Å². The summed E-state index contributed by atoms with van der Waals surface area (Å²) in [6.07, 6.45) is 10.2. The van der Waals surface area contributed by atoms with E-state index in [1.165, 1.54) is 12.3 Å².